The van der Waals surface area contributed by atoms with Crippen LogP contribution >= 0.6 is 0 Å². The zero-order valence-corrected chi connectivity index (χ0v) is 13.4. The van der Waals surface area contributed by atoms with E-state index in [4.69, 9.17) is 19.9 Å². The van der Waals surface area contributed by atoms with Crippen molar-refractivity contribution in [2.24, 2.45) is 5.73 Å². The van der Waals surface area contributed by atoms with Crippen LogP contribution in [0.1, 0.15) is 33.1 Å². The first-order valence-electron chi connectivity index (χ1n) is 8.00. The van der Waals surface area contributed by atoms with Gasteiger partial charge in [-0.15, -0.1) is 0 Å². The Morgan fingerprint density at radius 1 is 0.700 bits per heavy atom. The second kappa shape index (κ2) is 16.9. The highest BCUT2D eigenvalue weighted by Crippen LogP contribution is 1.91. The Hall–Kier alpha value is -0.200. The molecule has 5 nitrogen and oxygen atoms in total. The van der Waals surface area contributed by atoms with E-state index in [1.807, 2.05) is 0 Å². The molecule has 0 rings (SSSR count). The van der Waals surface area contributed by atoms with Crippen molar-refractivity contribution in [3.05, 3.63) is 0 Å². The quantitative estimate of drug-likeness (QED) is 0.437. The van der Waals surface area contributed by atoms with Crippen molar-refractivity contribution in [1.82, 2.24) is 4.90 Å². The average molecular weight is 290 g/mol. The monoisotopic (exact) mass is 290 g/mol. The van der Waals surface area contributed by atoms with Crippen molar-refractivity contribution in [1.29, 1.82) is 0 Å². The molecule has 0 saturated carbocycles. The Morgan fingerprint density at radius 3 is 1.85 bits per heavy atom. The van der Waals surface area contributed by atoms with Crippen molar-refractivity contribution < 1.29 is 14.2 Å². The van der Waals surface area contributed by atoms with E-state index in [2.05, 4.69) is 18.7 Å². The van der Waals surface area contributed by atoms with Gasteiger partial charge in [0.2, 0.25) is 0 Å². The van der Waals surface area contributed by atoms with Crippen LogP contribution in [0.2, 0.25) is 0 Å². The van der Waals surface area contributed by atoms with Gasteiger partial charge in [0, 0.05) is 26.2 Å². The molecule has 5 heteroatoms. The van der Waals surface area contributed by atoms with E-state index >= 15 is 0 Å². The van der Waals surface area contributed by atoms with Crippen LogP contribution in [-0.2, 0) is 14.2 Å². The molecule has 0 aromatic carbocycles. The summed E-state index contributed by atoms with van der Waals surface area (Å²) in [4.78, 5) is 2.34. The summed E-state index contributed by atoms with van der Waals surface area (Å²) in [5.74, 6) is 0. The molecule has 20 heavy (non-hydrogen) atoms. The fraction of sp³-hybridized carbons (Fsp3) is 1.00. The van der Waals surface area contributed by atoms with Crippen LogP contribution in [0, 0.1) is 0 Å². The van der Waals surface area contributed by atoms with Crippen LogP contribution in [0.25, 0.3) is 0 Å². The molecule has 0 aliphatic heterocycles. The van der Waals surface area contributed by atoms with Crippen LogP contribution < -0.4 is 5.73 Å². The highest BCUT2D eigenvalue weighted by atomic mass is 16.5. The zero-order valence-electron chi connectivity index (χ0n) is 13.4. The van der Waals surface area contributed by atoms with Gasteiger partial charge in [-0.1, -0.05) is 20.3 Å². The highest BCUT2D eigenvalue weighted by molar-refractivity contribution is 4.56. The molecule has 0 atom stereocenters. The summed E-state index contributed by atoms with van der Waals surface area (Å²) < 4.78 is 16.4. The lowest BCUT2D eigenvalue weighted by molar-refractivity contribution is 0.0103. The fourth-order valence-electron chi connectivity index (χ4n) is 1.82. The molecule has 0 fully saturated rings. The van der Waals surface area contributed by atoms with Crippen molar-refractivity contribution >= 4 is 0 Å². The van der Waals surface area contributed by atoms with Gasteiger partial charge in [-0.25, -0.2) is 0 Å². The Bertz CT molecular complexity index is 177. The lowest BCUT2D eigenvalue weighted by Gasteiger charge is -2.20. The summed E-state index contributed by atoms with van der Waals surface area (Å²) in [6.45, 7) is 12.2. The van der Waals surface area contributed by atoms with E-state index in [0.717, 1.165) is 45.7 Å². The second-order valence-electron chi connectivity index (χ2n) is 4.82. The zero-order chi connectivity index (χ0) is 14.9. The molecule has 0 amide bonds. The van der Waals surface area contributed by atoms with Crippen molar-refractivity contribution in [3.63, 3.8) is 0 Å². The van der Waals surface area contributed by atoms with E-state index in [0.29, 0.717) is 33.0 Å². The molecule has 0 aromatic rings. The van der Waals surface area contributed by atoms with Gasteiger partial charge in [-0.05, 0) is 19.4 Å². The summed E-state index contributed by atoms with van der Waals surface area (Å²) in [7, 11) is 0. The first-order valence-corrected chi connectivity index (χ1v) is 8.00. The predicted octanol–water partition coefficient (Wildman–Crippen LogP) is 1.51. The molecule has 0 aromatic heterocycles. The number of unbranched alkanes of at least 4 members (excludes halogenated alkanes) is 1. The summed E-state index contributed by atoms with van der Waals surface area (Å²) in [6.07, 6.45) is 3.45. The number of ether oxygens (including phenoxy) is 3. The first-order chi connectivity index (χ1) is 9.85. The molecular weight excluding hydrogens is 256 g/mol. The minimum atomic E-state index is 0.641. The largest absolute Gasteiger partial charge is 0.379 e. The second-order valence-corrected chi connectivity index (χ2v) is 4.82. The van der Waals surface area contributed by atoms with E-state index in [-0.39, 0.29) is 0 Å². The maximum atomic E-state index is 5.57. The SMILES string of the molecule is CCCCOCCOCCOCCN(CCC)CCN. The lowest BCUT2D eigenvalue weighted by atomic mass is 10.4. The van der Waals surface area contributed by atoms with E-state index < -0.39 is 0 Å². The summed E-state index contributed by atoms with van der Waals surface area (Å²) in [5, 5.41) is 0. The van der Waals surface area contributed by atoms with Crippen LogP contribution in [0.15, 0.2) is 0 Å². The topological polar surface area (TPSA) is 57.0 Å². The molecule has 0 aliphatic rings. The normalized spacial score (nSPS) is 11.4. The van der Waals surface area contributed by atoms with Gasteiger partial charge in [0.25, 0.3) is 0 Å². The molecule has 0 saturated heterocycles. The summed E-state index contributed by atoms with van der Waals surface area (Å²) >= 11 is 0. The standard InChI is InChI=1S/C15H34N2O3/c1-3-5-10-18-12-14-20-15-13-19-11-9-17(7-4-2)8-6-16/h3-16H2,1-2H3. The molecule has 0 aliphatic carbocycles. The molecular formula is C15H34N2O3. The van der Waals surface area contributed by atoms with Crippen LogP contribution in [0.3, 0.4) is 0 Å². The van der Waals surface area contributed by atoms with Crippen molar-refractivity contribution in [3.8, 4) is 0 Å². The third-order valence-corrected chi connectivity index (χ3v) is 2.92. The molecule has 0 heterocycles. The average Bonchev–Trinajstić information content (AvgIpc) is 2.45. The van der Waals surface area contributed by atoms with Crippen molar-refractivity contribution in [2.45, 2.75) is 33.1 Å². The third kappa shape index (κ3) is 14.2. The molecule has 0 bridgehead atoms. The van der Waals surface area contributed by atoms with Crippen LogP contribution in [0.5, 0.6) is 0 Å². The minimum absolute atomic E-state index is 0.641. The maximum Gasteiger partial charge on any atom is 0.0701 e. The Morgan fingerprint density at radius 2 is 1.30 bits per heavy atom. The van der Waals surface area contributed by atoms with Gasteiger partial charge in [0.1, 0.15) is 0 Å². The molecule has 122 valence electrons. The number of nitrogens with zero attached hydrogens (tertiary/aromatic N) is 1. The van der Waals surface area contributed by atoms with E-state index in [1.165, 1.54) is 6.42 Å². The lowest BCUT2D eigenvalue weighted by Crippen LogP contribution is -2.33. The van der Waals surface area contributed by atoms with Gasteiger partial charge in [-0.3, -0.25) is 4.90 Å². The third-order valence-electron chi connectivity index (χ3n) is 2.92. The number of hydrogen-bond donors (Lipinski definition) is 1. The summed E-state index contributed by atoms with van der Waals surface area (Å²) in [5.41, 5.74) is 5.57. The van der Waals surface area contributed by atoms with Gasteiger partial charge in [-0.2, -0.15) is 0 Å². The minimum Gasteiger partial charge on any atom is -0.379 e. The molecule has 0 unspecified atom stereocenters. The molecule has 0 radical (unpaired) electrons. The van der Waals surface area contributed by atoms with Crippen molar-refractivity contribution in [2.75, 3.05) is 65.8 Å². The van der Waals surface area contributed by atoms with E-state index in [1.54, 1.807) is 0 Å². The highest BCUT2D eigenvalue weighted by Gasteiger charge is 2.01. The first kappa shape index (κ1) is 19.8. The van der Waals surface area contributed by atoms with Gasteiger partial charge < -0.3 is 19.9 Å². The molecule has 0 spiro atoms. The predicted molar refractivity (Wildman–Crippen MR) is 83.2 cm³/mol. The maximum absolute atomic E-state index is 5.57. The summed E-state index contributed by atoms with van der Waals surface area (Å²) in [6, 6.07) is 0. The Kier molecular flexibility index (Phi) is 16.7. The van der Waals surface area contributed by atoms with Gasteiger partial charge in [0.15, 0.2) is 0 Å². The smallest absolute Gasteiger partial charge is 0.0701 e. The van der Waals surface area contributed by atoms with E-state index in [9.17, 15) is 0 Å². The Balaban J connectivity index is 3.18. The molecule has 2 N–H and O–H groups in total. The number of rotatable bonds is 16. The van der Waals surface area contributed by atoms with Crippen LogP contribution in [-0.4, -0.2) is 70.7 Å². The fourth-order valence-corrected chi connectivity index (χ4v) is 1.82. The Labute approximate surface area is 124 Å². The number of hydrogen-bond acceptors (Lipinski definition) is 5. The van der Waals surface area contributed by atoms with Gasteiger partial charge >= 0.3 is 0 Å². The van der Waals surface area contributed by atoms with Gasteiger partial charge in [0.05, 0.1) is 33.0 Å². The number of nitrogens with two attached hydrogens (primary N) is 1. The van der Waals surface area contributed by atoms with Crippen LogP contribution in [0.4, 0.5) is 0 Å².